The number of amides is 2. The minimum absolute atomic E-state index is 0.208. The summed E-state index contributed by atoms with van der Waals surface area (Å²) in [6.07, 6.45) is 2.67. The molecule has 3 heterocycles. The van der Waals surface area contributed by atoms with Gasteiger partial charge in [0.25, 0.3) is 11.1 Å². The van der Waals surface area contributed by atoms with Crippen LogP contribution in [0.15, 0.2) is 28.5 Å². The first kappa shape index (κ1) is 18.7. The Bertz CT molecular complexity index is 894. The van der Waals surface area contributed by atoms with E-state index in [2.05, 4.69) is 11.5 Å². The summed E-state index contributed by atoms with van der Waals surface area (Å²) in [5, 5.41) is 1.51. The van der Waals surface area contributed by atoms with Gasteiger partial charge in [-0.3, -0.25) is 19.3 Å². The standard InChI is InChI=1S/C19H20N2O3S2/c1-4-7-20-12(2)9-15(13(20)3)16(22)11-21-18(23)17(26-19(21)24)10-14-6-5-8-25-14/h5-6,8-10H,4,7,11H2,1-3H3/b17-10-. The van der Waals surface area contributed by atoms with Gasteiger partial charge in [0.05, 0.1) is 11.4 Å². The summed E-state index contributed by atoms with van der Waals surface area (Å²) in [7, 11) is 0. The van der Waals surface area contributed by atoms with E-state index in [1.165, 1.54) is 11.3 Å². The van der Waals surface area contributed by atoms with Crippen LogP contribution in [0.2, 0.25) is 0 Å². The van der Waals surface area contributed by atoms with E-state index >= 15 is 0 Å². The fourth-order valence-electron chi connectivity index (χ4n) is 3.02. The van der Waals surface area contributed by atoms with Crippen molar-refractivity contribution in [3.8, 4) is 0 Å². The van der Waals surface area contributed by atoms with Crippen molar-refractivity contribution in [1.29, 1.82) is 0 Å². The largest absolute Gasteiger partial charge is 0.348 e. The summed E-state index contributed by atoms with van der Waals surface area (Å²) >= 11 is 2.38. The Hall–Kier alpha value is -2.12. The first-order valence-corrected chi connectivity index (χ1v) is 10.1. The van der Waals surface area contributed by atoms with Crippen LogP contribution in [-0.4, -0.2) is 32.9 Å². The zero-order valence-corrected chi connectivity index (χ0v) is 16.6. The summed E-state index contributed by atoms with van der Waals surface area (Å²) in [6.45, 7) is 6.57. The van der Waals surface area contributed by atoms with Gasteiger partial charge in [-0.2, -0.15) is 0 Å². The third-order valence-corrected chi connectivity index (χ3v) is 6.04. The maximum Gasteiger partial charge on any atom is 0.293 e. The van der Waals surface area contributed by atoms with Crippen LogP contribution < -0.4 is 0 Å². The van der Waals surface area contributed by atoms with Crippen LogP contribution in [-0.2, 0) is 11.3 Å². The van der Waals surface area contributed by atoms with Crippen molar-refractivity contribution < 1.29 is 14.4 Å². The number of hydrogen-bond acceptors (Lipinski definition) is 5. The van der Waals surface area contributed by atoms with Crippen molar-refractivity contribution in [3.63, 3.8) is 0 Å². The van der Waals surface area contributed by atoms with Crippen LogP contribution in [0, 0.1) is 13.8 Å². The maximum absolute atomic E-state index is 12.7. The Morgan fingerprint density at radius 3 is 2.69 bits per heavy atom. The second kappa shape index (κ2) is 7.63. The summed E-state index contributed by atoms with van der Waals surface area (Å²) in [6, 6.07) is 5.61. The quantitative estimate of drug-likeness (QED) is 0.540. The molecule has 0 spiro atoms. The SMILES string of the molecule is CCCn1c(C)cc(C(=O)CN2C(=O)S/C(=C\c3cccs3)C2=O)c1C. The highest BCUT2D eigenvalue weighted by atomic mass is 32.2. The molecule has 3 rings (SSSR count). The first-order chi connectivity index (χ1) is 12.4. The zero-order valence-electron chi connectivity index (χ0n) is 14.9. The molecule has 1 aliphatic rings. The summed E-state index contributed by atoms with van der Waals surface area (Å²) in [5.41, 5.74) is 2.48. The minimum atomic E-state index is -0.399. The molecular weight excluding hydrogens is 368 g/mol. The lowest BCUT2D eigenvalue weighted by Gasteiger charge is -2.12. The number of ketones is 1. The Morgan fingerprint density at radius 2 is 2.04 bits per heavy atom. The number of rotatable bonds is 6. The molecule has 2 amide bonds. The van der Waals surface area contributed by atoms with E-state index in [4.69, 9.17) is 0 Å². The molecule has 7 heteroatoms. The van der Waals surface area contributed by atoms with Gasteiger partial charge in [-0.05, 0) is 55.6 Å². The summed E-state index contributed by atoms with van der Waals surface area (Å²) in [5.74, 6) is -0.607. The lowest BCUT2D eigenvalue weighted by Crippen LogP contribution is -2.33. The molecule has 0 aromatic carbocycles. The second-order valence-electron chi connectivity index (χ2n) is 6.14. The Morgan fingerprint density at radius 1 is 1.27 bits per heavy atom. The van der Waals surface area contributed by atoms with E-state index in [9.17, 15) is 14.4 Å². The number of imide groups is 1. The number of hydrogen-bond donors (Lipinski definition) is 0. The van der Waals surface area contributed by atoms with Crippen LogP contribution in [0.1, 0.15) is 40.0 Å². The van der Waals surface area contributed by atoms with Crippen molar-refractivity contribution in [3.05, 3.63) is 50.3 Å². The highest BCUT2D eigenvalue weighted by Gasteiger charge is 2.36. The second-order valence-corrected chi connectivity index (χ2v) is 8.12. The lowest BCUT2D eigenvalue weighted by molar-refractivity contribution is -0.122. The molecule has 2 aromatic heterocycles. The van der Waals surface area contributed by atoms with Crippen molar-refractivity contribution >= 4 is 46.1 Å². The van der Waals surface area contributed by atoms with Gasteiger partial charge >= 0.3 is 0 Å². The van der Waals surface area contributed by atoms with Crippen LogP contribution >= 0.6 is 23.1 Å². The van der Waals surface area contributed by atoms with E-state index in [0.717, 1.165) is 45.9 Å². The Labute approximate surface area is 160 Å². The highest BCUT2D eigenvalue weighted by Crippen LogP contribution is 2.33. The molecule has 1 fully saturated rings. The minimum Gasteiger partial charge on any atom is -0.348 e. The molecule has 5 nitrogen and oxygen atoms in total. The number of Topliss-reactive ketones (excluding diaryl/α,β-unsaturated/α-hetero) is 1. The molecule has 26 heavy (non-hydrogen) atoms. The monoisotopic (exact) mass is 388 g/mol. The molecule has 2 aromatic rings. The van der Waals surface area contributed by atoms with E-state index in [1.54, 1.807) is 6.08 Å². The average Bonchev–Trinajstić information content (AvgIpc) is 3.27. The number of carbonyl (C=O) groups excluding carboxylic acids is 3. The van der Waals surface area contributed by atoms with Crippen LogP contribution in [0.5, 0.6) is 0 Å². The first-order valence-electron chi connectivity index (χ1n) is 8.41. The van der Waals surface area contributed by atoms with Crippen molar-refractivity contribution in [2.45, 2.75) is 33.7 Å². The van der Waals surface area contributed by atoms with Crippen molar-refractivity contribution in [2.24, 2.45) is 0 Å². The molecule has 0 atom stereocenters. The van der Waals surface area contributed by atoms with E-state index in [1.807, 2.05) is 37.4 Å². The van der Waals surface area contributed by atoms with Gasteiger partial charge in [0.15, 0.2) is 5.78 Å². The zero-order chi connectivity index (χ0) is 18.8. The molecule has 0 unspecified atom stereocenters. The molecule has 1 aliphatic heterocycles. The van der Waals surface area contributed by atoms with Gasteiger partial charge in [-0.25, -0.2) is 0 Å². The predicted molar refractivity (Wildman–Crippen MR) is 106 cm³/mol. The van der Waals surface area contributed by atoms with Gasteiger partial charge in [0.1, 0.15) is 0 Å². The fourth-order valence-corrected chi connectivity index (χ4v) is 4.58. The van der Waals surface area contributed by atoms with Crippen molar-refractivity contribution in [2.75, 3.05) is 6.54 Å². The lowest BCUT2D eigenvalue weighted by atomic mass is 10.1. The van der Waals surface area contributed by atoms with E-state index < -0.39 is 11.1 Å². The molecule has 0 N–H and O–H groups in total. The van der Waals surface area contributed by atoms with Gasteiger partial charge in [0.2, 0.25) is 0 Å². The van der Waals surface area contributed by atoms with Gasteiger partial charge in [0, 0.05) is 28.4 Å². The predicted octanol–water partition coefficient (Wildman–Crippen LogP) is 4.50. The fraction of sp³-hybridized carbons (Fsp3) is 0.316. The summed E-state index contributed by atoms with van der Waals surface area (Å²) in [4.78, 5) is 39.8. The number of carbonyl (C=O) groups is 3. The van der Waals surface area contributed by atoms with Crippen LogP contribution in [0.3, 0.4) is 0 Å². The molecule has 0 saturated carbocycles. The van der Waals surface area contributed by atoms with E-state index in [-0.39, 0.29) is 12.3 Å². The molecule has 136 valence electrons. The number of nitrogens with zero attached hydrogens (tertiary/aromatic N) is 2. The highest BCUT2D eigenvalue weighted by molar-refractivity contribution is 8.18. The normalized spacial score (nSPS) is 16.1. The molecule has 0 bridgehead atoms. The molecular formula is C19H20N2O3S2. The third-order valence-electron chi connectivity index (χ3n) is 4.31. The topological polar surface area (TPSA) is 59.4 Å². The average molecular weight is 389 g/mol. The van der Waals surface area contributed by atoms with Gasteiger partial charge in [-0.15, -0.1) is 11.3 Å². The third kappa shape index (κ3) is 3.54. The van der Waals surface area contributed by atoms with Crippen molar-refractivity contribution in [1.82, 2.24) is 9.47 Å². The number of thioether (sulfide) groups is 1. The molecule has 1 saturated heterocycles. The Balaban J connectivity index is 1.79. The Kier molecular flexibility index (Phi) is 5.48. The van der Waals surface area contributed by atoms with Gasteiger partial charge < -0.3 is 4.57 Å². The van der Waals surface area contributed by atoms with Crippen LogP contribution in [0.25, 0.3) is 6.08 Å². The maximum atomic E-state index is 12.7. The molecule has 0 aliphatic carbocycles. The van der Waals surface area contributed by atoms with Gasteiger partial charge in [-0.1, -0.05) is 13.0 Å². The number of aromatic nitrogens is 1. The molecule has 0 radical (unpaired) electrons. The van der Waals surface area contributed by atoms with Crippen LogP contribution in [0.4, 0.5) is 4.79 Å². The smallest absolute Gasteiger partial charge is 0.293 e. The summed E-state index contributed by atoms with van der Waals surface area (Å²) < 4.78 is 2.09. The number of thiophene rings is 1. The van der Waals surface area contributed by atoms with E-state index in [0.29, 0.717) is 10.5 Å². The number of aryl methyl sites for hydroxylation is 1.